The van der Waals surface area contributed by atoms with Crippen molar-refractivity contribution in [2.75, 3.05) is 13.7 Å². The lowest BCUT2D eigenvalue weighted by Gasteiger charge is -2.39. The smallest absolute Gasteiger partial charge is 0.266 e. The Kier molecular flexibility index (Phi) is 4.87. The number of likely N-dealkylation sites (tertiary alicyclic amines) is 1. The van der Waals surface area contributed by atoms with Crippen LogP contribution in [0.5, 0.6) is 11.5 Å². The highest BCUT2D eigenvalue weighted by molar-refractivity contribution is 5.99. The molecule has 0 bridgehead atoms. The first kappa shape index (κ1) is 16.1. The van der Waals surface area contributed by atoms with Gasteiger partial charge in [0.25, 0.3) is 11.8 Å². The molecular weight excluding hydrogens is 288 g/mol. The Morgan fingerprint density at radius 2 is 2.18 bits per heavy atom. The van der Waals surface area contributed by atoms with Crippen LogP contribution in [0.3, 0.4) is 0 Å². The Hall–Kier alpha value is -2.28. The topological polar surface area (TPSA) is 99.1 Å². The fourth-order valence-electron chi connectivity index (χ4n) is 2.55. The van der Waals surface area contributed by atoms with Crippen LogP contribution in [0.15, 0.2) is 12.1 Å². The Bertz CT molecular complexity index is 588. The molecule has 0 aromatic heterocycles. The molecule has 2 amide bonds. The second-order valence-corrected chi connectivity index (χ2v) is 5.22. The minimum Gasteiger partial charge on any atom is -0.504 e. The molecule has 0 spiro atoms. The quantitative estimate of drug-likeness (QED) is 0.558. The van der Waals surface area contributed by atoms with Crippen LogP contribution in [0.2, 0.25) is 0 Å². The van der Waals surface area contributed by atoms with Crippen LogP contribution in [-0.2, 0) is 11.2 Å². The van der Waals surface area contributed by atoms with Crippen molar-refractivity contribution < 1.29 is 24.6 Å². The Balaban J connectivity index is 2.30. The van der Waals surface area contributed by atoms with Crippen molar-refractivity contribution in [1.82, 2.24) is 10.4 Å². The lowest BCUT2D eigenvalue weighted by Crippen LogP contribution is -2.57. The Labute approximate surface area is 128 Å². The zero-order valence-electron chi connectivity index (χ0n) is 12.6. The molecule has 1 atom stereocenters. The number of carbonyl (C=O) groups excluding carboxylic acids is 2. The van der Waals surface area contributed by atoms with Gasteiger partial charge in [-0.2, -0.15) is 0 Å². The Morgan fingerprint density at radius 3 is 2.68 bits per heavy atom. The molecule has 0 saturated carbocycles. The van der Waals surface area contributed by atoms with Gasteiger partial charge in [-0.05, 0) is 30.5 Å². The molecule has 1 fully saturated rings. The summed E-state index contributed by atoms with van der Waals surface area (Å²) >= 11 is 0. The number of hydrogen-bond acceptors (Lipinski definition) is 5. The summed E-state index contributed by atoms with van der Waals surface area (Å²) in [6.45, 7) is 2.42. The third-order valence-electron chi connectivity index (χ3n) is 3.83. The average molecular weight is 308 g/mol. The van der Waals surface area contributed by atoms with Crippen molar-refractivity contribution in [3.05, 3.63) is 23.3 Å². The second-order valence-electron chi connectivity index (χ2n) is 5.22. The summed E-state index contributed by atoms with van der Waals surface area (Å²) in [5.74, 6) is -0.651. The maximum atomic E-state index is 12.5. The molecule has 3 N–H and O–H groups in total. The van der Waals surface area contributed by atoms with Crippen molar-refractivity contribution in [2.45, 2.75) is 32.2 Å². The number of hydroxylamine groups is 1. The molecule has 120 valence electrons. The van der Waals surface area contributed by atoms with Crippen molar-refractivity contribution in [1.29, 1.82) is 0 Å². The second kappa shape index (κ2) is 6.65. The van der Waals surface area contributed by atoms with E-state index in [1.807, 2.05) is 6.92 Å². The summed E-state index contributed by atoms with van der Waals surface area (Å²) in [5.41, 5.74) is 2.56. The largest absolute Gasteiger partial charge is 0.504 e. The van der Waals surface area contributed by atoms with Gasteiger partial charge in [0.1, 0.15) is 6.04 Å². The number of carbonyl (C=O) groups is 2. The van der Waals surface area contributed by atoms with Gasteiger partial charge in [0, 0.05) is 12.1 Å². The molecule has 22 heavy (non-hydrogen) atoms. The van der Waals surface area contributed by atoms with Gasteiger partial charge in [0.05, 0.1) is 7.11 Å². The van der Waals surface area contributed by atoms with Crippen LogP contribution >= 0.6 is 0 Å². The van der Waals surface area contributed by atoms with Crippen LogP contribution in [0.25, 0.3) is 0 Å². The zero-order valence-corrected chi connectivity index (χ0v) is 12.6. The molecule has 1 aromatic carbocycles. The predicted octanol–water partition coefficient (Wildman–Crippen LogP) is 1.07. The number of nitrogens with one attached hydrogen (secondary N) is 1. The molecule has 1 heterocycles. The van der Waals surface area contributed by atoms with E-state index < -0.39 is 11.9 Å². The number of aryl methyl sites for hydroxylation is 1. The molecular formula is C15H20N2O5. The first-order valence-corrected chi connectivity index (χ1v) is 7.18. The van der Waals surface area contributed by atoms with Gasteiger partial charge < -0.3 is 14.7 Å². The number of benzene rings is 1. The first-order valence-electron chi connectivity index (χ1n) is 7.18. The standard InChI is InChI=1S/C15H20N2O5/c1-3-4-9-7-10(8-12(22-2)13(9)18)15(20)17-6-5-11(17)14(19)16-21/h7-8,11,18,21H,3-6H2,1-2H3,(H,16,19)/t11-/m1/s1. The number of rotatable bonds is 5. The van der Waals surface area contributed by atoms with E-state index >= 15 is 0 Å². The highest BCUT2D eigenvalue weighted by Crippen LogP contribution is 2.33. The van der Waals surface area contributed by atoms with Crippen molar-refractivity contribution in [3.63, 3.8) is 0 Å². The van der Waals surface area contributed by atoms with E-state index in [0.717, 1.165) is 6.42 Å². The summed E-state index contributed by atoms with van der Waals surface area (Å²) in [6.07, 6.45) is 1.94. The van der Waals surface area contributed by atoms with E-state index in [0.29, 0.717) is 30.5 Å². The van der Waals surface area contributed by atoms with Crippen LogP contribution in [0.1, 0.15) is 35.7 Å². The van der Waals surface area contributed by atoms with Crippen LogP contribution in [0.4, 0.5) is 0 Å². The van der Waals surface area contributed by atoms with E-state index in [2.05, 4.69) is 0 Å². The van der Waals surface area contributed by atoms with E-state index in [4.69, 9.17) is 9.94 Å². The number of ether oxygens (including phenoxy) is 1. The molecule has 1 saturated heterocycles. The first-order chi connectivity index (χ1) is 10.5. The summed E-state index contributed by atoms with van der Waals surface area (Å²) in [5, 5.41) is 18.7. The maximum Gasteiger partial charge on any atom is 0.266 e. The molecule has 1 aliphatic rings. The number of amides is 2. The van der Waals surface area contributed by atoms with Gasteiger partial charge >= 0.3 is 0 Å². The fourth-order valence-corrected chi connectivity index (χ4v) is 2.55. The third kappa shape index (κ3) is 2.85. The molecule has 1 aliphatic heterocycles. The summed E-state index contributed by atoms with van der Waals surface area (Å²) in [4.78, 5) is 25.4. The van der Waals surface area contributed by atoms with Gasteiger partial charge in [0.2, 0.25) is 0 Å². The Morgan fingerprint density at radius 1 is 1.45 bits per heavy atom. The molecule has 0 radical (unpaired) electrons. The molecule has 7 heteroatoms. The lowest BCUT2D eigenvalue weighted by atomic mass is 9.98. The van der Waals surface area contributed by atoms with E-state index in [9.17, 15) is 14.7 Å². The van der Waals surface area contributed by atoms with E-state index in [1.165, 1.54) is 18.1 Å². The van der Waals surface area contributed by atoms with Crippen molar-refractivity contribution >= 4 is 11.8 Å². The van der Waals surface area contributed by atoms with Gasteiger partial charge in [-0.25, -0.2) is 5.48 Å². The third-order valence-corrected chi connectivity index (χ3v) is 3.83. The van der Waals surface area contributed by atoms with E-state index in [1.54, 1.807) is 11.5 Å². The number of phenolic OH excluding ortho intramolecular Hbond substituents is 1. The summed E-state index contributed by atoms with van der Waals surface area (Å²) in [6, 6.07) is 2.42. The number of nitrogens with zero attached hydrogens (tertiary/aromatic N) is 1. The number of methoxy groups -OCH3 is 1. The van der Waals surface area contributed by atoms with Crippen LogP contribution < -0.4 is 10.2 Å². The highest BCUT2D eigenvalue weighted by atomic mass is 16.5. The van der Waals surface area contributed by atoms with Crippen molar-refractivity contribution in [2.24, 2.45) is 0 Å². The van der Waals surface area contributed by atoms with Gasteiger partial charge in [-0.1, -0.05) is 13.3 Å². The minimum atomic E-state index is -0.660. The van der Waals surface area contributed by atoms with Gasteiger partial charge in [-0.3, -0.25) is 14.8 Å². The number of phenols is 1. The molecule has 0 aliphatic carbocycles. The minimum absolute atomic E-state index is 0.0363. The molecule has 1 aromatic rings. The van der Waals surface area contributed by atoms with Crippen molar-refractivity contribution in [3.8, 4) is 11.5 Å². The monoisotopic (exact) mass is 308 g/mol. The fraction of sp³-hybridized carbons (Fsp3) is 0.467. The predicted molar refractivity (Wildman–Crippen MR) is 78.0 cm³/mol. The van der Waals surface area contributed by atoms with Gasteiger partial charge in [-0.15, -0.1) is 0 Å². The normalized spacial score (nSPS) is 16.9. The van der Waals surface area contributed by atoms with E-state index in [-0.39, 0.29) is 17.4 Å². The van der Waals surface area contributed by atoms with Crippen LogP contribution in [0, 0.1) is 0 Å². The lowest BCUT2D eigenvalue weighted by molar-refractivity contribution is -0.137. The van der Waals surface area contributed by atoms with Crippen LogP contribution in [-0.4, -0.2) is 46.7 Å². The number of hydrogen-bond donors (Lipinski definition) is 3. The average Bonchev–Trinajstić information content (AvgIpc) is 2.48. The SMILES string of the molecule is CCCc1cc(C(=O)N2CC[C@@H]2C(=O)NO)cc(OC)c1O. The van der Waals surface area contributed by atoms with Gasteiger partial charge in [0.15, 0.2) is 11.5 Å². The summed E-state index contributed by atoms with van der Waals surface area (Å²) < 4.78 is 5.11. The highest BCUT2D eigenvalue weighted by Gasteiger charge is 2.38. The number of aromatic hydroxyl groups is 1. The summed E-state index contributed by atoms with van der Waals surface area (Å²) in [7, 11) is 1.42. The zero-order chi connectivity index (χ0) is 16.3. The maximum absolute atomic E-state index is 12.5. The molecule has 2 rings (SSSR count). The molecule has 7 nitrogen and oxygen atoms in total. The molecule has 0 unspecified atom stereocenters.